The average Bonchev–Trinajstić information content (AvgIpc) is 2.86. The quantitative estimate of drug-likeness (QED) is 0.654. The summed E-state index contributed by atoms with van der Waals surface area (Å²) in [5, 5.41) is 12.9. The summed E-state index contributed by atoms with van der Waals surface area (Å²) in [6.45, 7) is 1.07. The molecule has 0 bridgehead atoms. The second-order valence-electron chi connectivity index (χ2n) is 9.17. The molecule has 2 heterocycles. The Morgan fingerprint density at radius 1 is 1.11 bits per heavy atom. The summed E-state index contributed by atoms with van der Waals surface area (Å²) in [7, 11) is 1.46. The predicted molar refractivity (Wildman–Crippen MR) is 125 cm³/mol. The van der Waals surface area contributed by atoms with Crippen molar-refractivity contribution in [2.75, 3.05) is 44.7 Å². The molecule has 1 aliphatic carbocycles. The van der Waals surface area contributed by atoms with E-state index in [1.54, 1.807) is 15.9 Å². The highest BCUT2D eigenvalue weighted by atomic mass is 19.4. The lowest BCUT2D eigenvalue weighted by Gasteiger charge is -2.34. The maximum atomic E-state index is 13.6. The minimum Gasteiger partial charge on any atom is -0.497 e. The van der Waals surface area contributed by atoms with Crippen molar-refractivity contribution >= 4 is 28.5 Å². The predicted octanol–water partition coefficient (Wildman–Crippen LogP) is 2.36. The number of alkyl halides is 3. The molecule has 0 radical (unpaired) electrons. The summed E-state index contributed by atoms with van der Waals surface area (Å²) < 4.78 is 46.1. The summed E-state index contributed by atoms with van der Waals surface area (Å²) in [4.78, 5) is 36.4. The van der Waals surface area contributed by atoms with E-state index in [2.05, 4.69) is 15.3 Å². The van der Waals surface area contributed by atoms with Gasteiger partial charge in [-0.2, -0.15) is 13.2 Å². The van der Waals surface area contributed by atoms with Crippen LogP contribution in [0, 0.1) is 5.92 Å². The molecule has 0 atom stereocenters. The molecule has 0 spiro atoms. The van der Waals surface area contributed by atoms with Gasteiger partial charge in [0.15, 0.2) is 0 Å². The Labute approximate surface area is 206 Å². The lowest BCUT2D eigenvalue weighted by atomic mass is 9.86. The molecular formula is C24H30F3N5O4. The molecule has 2 N–H and O–H groups in total. The van der Waals surface area contributed by atoms with Crippen LogP contribution in [0.4, 0.5) is 19.0 Å². The third-order valence-electron chi connectivity index (χ3n) is 6.75. The van der Waals surface area contributed by atoms with Crippen LogP contribution in [0.2, 0.25) is 0 Å². The van der Waals surface area contributed by atoms with Crippen molar-refractivity contribution in [1.29, 1.82) is 0 Å². The molecule has 1 saturated carbocycles. The van der Waals surface area contributed by atoms with E-state index in [0.717, 1.165) is 0 Å². The van der Waals surface area contributed by atoms with Gasteiger partial charge in [0.2, 0.25) is 17.6 Å². The van der Waals surface area contributed by atoms with Gasteiger partial charge in [-0.15, -0.1) is 0 Å². The Balaban J connectivity index is 1.67. The number of carbonyl (C=O) groups excluding carboxylic acids is 2. The SMILES string of the molecule is COc1ccc2nc(C(F)(F)F)nc(N3CCNC(=O)CCN(C(=O)C4CCC(O)CC4)CC3)c2c1. The number of hydrogen-bond acceptors (Lipinski definition) is 7. The van der Waals surface area contributed by atoms with Gasteiger partial charge in [-0.3, -0.25) is 9.59 Å². The van der Waals surface area contributed by atoms with Gasteiger partial charge >= 0.3 is 6.18 Å². The third kappa shape index (κ3) is 5.97. The Kier molecular flexibility index (Phi) is 7.82. The second kappa shape index (κ2) is 10.9. The minimum absolute atomic E-state index is 0.0641. The summed E-state index contributed by atoms with van der Waals surface area (Å²) >= 11 is 0. The molecule has 9 nitrogen and oxygen atoms in total. The fourth-order valence-electron chi connectivity index (χ4n) is 4.72. The minimum atomic E-state index is -4.75. The van der Waals surface area contributed by atoms with E-state index >= 15 is 0 Å². The zero-order valence-electron chi connectivity index (χ0n) is 20.1. The molecule has 2 amide bonds. The topological polar surface area (TPSA) is 108 Å². The molecule has 196 valence electrons. The van der Waals surface area contributed by atoms with E-state index < -0.39 is 18.1 Å². The van der Waals surface area contributed by atoms with Crippen LogP contribution in [-0.4, -0.2) is 77.7 Å². The number of aromatic nitrogens is 2. The smallest absolute Gasteiger partial charge is 0.451 e. The molecule has 12 heteroatoms. The van der Waals surface area contributed by atoms with Crippen molar-refractivity contribution in [3.8, 4) is 5.75 Å². The maximum absolute atomic E-state index is 13.6. The number of halogens is 3. The molecule has 4 rings (SSSR count). The number of ether oxygens (including phenoxy) is 1. The summed E-state index contributed by atoms with van der Waals surface area (Å²) in [6.07, 6.45) is -2.78. The number of carbonyl (C=O) groups is 2. The largest absolute Gasteiger partial charge is 0.497 e. The lowest BCUT2D eigenvalue weighted by molar-refractivity contribution is -0.144. The van der Waals surface area contributed by atoms with Crippen LogP contribution < -0.4 is 15.0 Å². The summed E-state index contributed by atoms with van der Waals surface area (Å²) in [5.74, 6) is -1.33. The van der Waals surface area contributed by atoms with Crippen molar-refractivity contribution in [2.45, 2.75) is 44.4 Å². The number of anilines is 1. The number of aliphatic hydroxyl groups is 1. The zero-order valence-corrected chi connectivity index (χ0v) is 20.1. The van der Waals surface area contributed by atoms with Gasteiger partial charge in [0.05, 0.1) is 18.7 Å². The number of hydrogen-bond donors (Lipinski definition) is 2. The van der Waals surface area contributed by atoms with Crippen LogP contribution in [0.5, 0.6) is 5.75 Å². The van der Waals surface area contributed by atoms with Crippen molar-refractivity contribution in [1.82, 2.24) is 20.2 Å². The van der Waals surface area contributed by atoms with Crippen LogP contribution in [0.25, 0.3) is 10.9 Å². The first-order valence-corrected chi connectivity index (χ1v) is 12.1. The molecule has 1 saturated heterocycles. The van der Waals surface area contributed by atoms with Gasteiger partial charge in [-0.25, -0.2) is 9.97 Å². The van der Waals surface area contributed by atoms with Crippen LogP contribution in [0.3, 0.4) is 0 Å². The molecule has 2 aromatic rings. The number of methoxy groups -OCH3 is 1. The highest BCUT2D eigenvalue weighted by Gasteiger charge is 2.36. The van der Waals surface area contributed by atoms with Crippen LogP contribution in [-0.2, 0) is 15.8 Å². The van der Waals surface area contributed by atoms with Crippen molar-refractivity contribution in [2.24, 2.45) is 5.92 Å². The van der Waals surface area contributed by atoms with Crippen LogP contribution in [0.1, 0.15) is 37.9 Å². The Bertz CT molecular complexity index is 1110. The highest BCUT2D eigenvalue weighted by Crippen LogP contribution is 2.33. The van der Waals surface area contributed by atoms with E-state index in [9.17, 15) is 27.9 Å². The molecule has 1 aromatic carbocycles. The first kappa shape index (κ1) is 25.9. The van der Waals surface area contributed by atoms with Gasteiger partial charge in [0, 0.05) is 50.4 Å². The Morgan fingerprint density at radius 2 is 1.86 bits per heavy atom. The molecule has 36 heavy (non-hydrogen) atoms. The normalized spacial score (nSPS) is 22.3. The van der Waals surface area contributed by atoms with E-state index in [4.69, 9.17) is 4.74 Å². The number of rotatable bonds is 3. The van der Waals surface area contributed by atoms with Gasteiger partial charge in [-0.05, 0) is 43.9 Å². The number of nitrogens with one attached hydrogen (secondary N) is 1. The monoisotopic (exact) mass is 509 g/mol. The molecule has 1 aromatic heterocycles. The van der Waals surface area contributed by atoms with Gasteiger partial charge in [0.1, 0.15) is 11.6 Å². The third-order valence-corrected chi connectivity index (χ3v) is 6.75. The van der Waals surface area contributed by atoms with Gasteiger partial charge in [-0.1, -0.05) is 0 Å². The number of aliphatic hydroxyl groups excluding tert-OH is 1. The zero-order chi connectivity index (χ0) is 25.9. The van der Waals surface area contributed by atoms with Gasteiger partial charge < -0.3 is 25.0 Å². The molecule has 1 aliphatic heterocycles. The van der Waals surface area contributed by atoms with Crippen molar-refractivity contribution in [3.05, 3.63) is 24.0 Å². The fraction of sp³-hybridized carbons (Fsp3) is 0.583. The fourth-order valence-corrected chi connectivity index (χ4v) is 4.72. The highest BCUT2D eigenvalue weighted by molar-refractivity contribution is 5.91. The molecule has 2 fully saturated rings. The number of amides is 2. The number of benzene rings is 1. The van der Waals surface area contributed by atoms with E-state index in [1.165, 1.54) is 19.2 Å². The first-order valence-electron chi connectivity index (χ1n) is 12.1. The Morgan fingerprint density at radius 3 is 2.56 bits per heavy atom. The van der Waals surface area contributed by atoms with E-state index in [-0.39, 0.29) is 68.2 Å². The van der Waals surface area contributed by atoms with E-state index in [0.29, 0.717) is 36.8 Å². The van der Waals surface area contributed by atoms with E-state index in [1.807, 2.05) is 0 Å². The molecule has 0 unspecified atom stereocenters. The van der Waals surface area contributed by atoms with Crippen LogP contribution >= 0.6 is 0 Å². The van der Waals surface area contributed by atoms with Crippen molar-refractivity contribution in [3.63, 3.8) is 0 Å². The van der Waals surface area contributed by atoms with Crippen LogP contribution in [0.15, 0.2) is 18.2 Å². The summed E-state index contributed by atoms with van der Waals surface area (Å²) in [5.41, 5.74) is 0.114. The maximum Gasteiger partial charge on any atom is 0.451 e. The second-order valence-corrected chi connectivity index (χ2v) is 9.17. The average molecular weight is 510 g/mol. The Hall–Kier alpha value is -3.15. The first-order chi connectivity index (χ1) is 17.2. The number of nitrogens with zero attached hydrogens (tertiary/aromatic N) is 4. The number of fused-ring (bicyclic) bond motifs is 1. The van der Waals surface area contributed by atoms with Crippen molar-refractivity contribution < 1.29 is 32.6 Å². The molecular weight excluding hydrogens is 479 g/mol. The lowest BCUT2D eigenvalue weighted by Crippen LogP contribution is -2.47. The summed E-state index contributed by atoms with van der Waals surface area (Å²) in [6, 6.07) is 4.56. The molecule has 2 aliphatic rings. The van der Waals surface area contributed by atoms with Gasteiger partial charge in [0.25, 0.3) is 0 Å². The standard InChI is InChI=1S/C24H30F3N5O4/c1-36-17-6-7-19-18(14-17)21(30-23(29-19)24(25,26)27)31-11-9-28-20(34)8-10-32(13-12-31)22(35)15-2-4-16(33)5-3-15/h6-7,14-16,33H,2-5,8-13H2,1H3,(H,28,34).